The number of hydrogen-bond donors (Lipinski definition) is 1. The first-order valence-corrected chi connectivity index (χ1v) is 5.42. The zero-order valence-electron chi connectivity index (χ0n) is 8.08. The van der Waals surface area contributed by atoms with Crippen molar-refractivity contribution in [2.45, 2.75) is 44.8 Å². The molecule has 1 atom stereocenters. The lowest BCUT2D eigenvalue weighted by Crippen LogP contribution is -2.17. The summed E-state index contributed by atoms with van der Waals surface area (Å²) in [6.07, 6.45) is 2.81. The number of carbonyl (C=O) groups excluding carboxylic acids is 1. The summed E-state index contributed by atoms with van der Waals surface area (Å²) in [5.41, 5.74) is 0. The molecule has 13 heavy (non-hydrogen) atoms. The van der Waals surface area contributed by atoms with Crippen LogP contribution in [0.15, 0.2) is 0 Å². The monoisotopic (exact) mass is 204 g/mol. The molecule has 0 aliphatic heterocycles. The molecular formula is C9H16O3S. The van der Waals surface area contributed by atoms with Gasteiger partial charge in [-0.05, 0) is 12.8 Å². The fourth-order valence-electron chi connectivity index (χ4n) is 0.847. The predicted octanol–water partition coefficient (Wildman–Crippen LogP) is 2.30. The highest BCUT2D eigenvalue weighted by molar-refractivity contribution is 8.14. The summed E-state index contributed by atoms with van der Waals surface area (Å²) in [4.78, 5) is 21.7. The van der Waals surface area contributed by atoms with Crippen molar-refractivity contribution in [3.05, 3.63) is 0 Å². The number of unbranched alkanes of at least 4 members (excludes halogenated alkanes) is 1. The minimum atomic E-state index is -0.891. The van der Waals surface area contributed by atoms with Crippen LogP contribution >= 0.6 is 11.8 Å². The van der Waals surface area contributed by atoms with E-state index in [-0.39, 0.29) is 5.12 Å². The van der Waals surface area contributed by atoms with E-state index < -0.39 is 11.2 Å². The Kier molecular flexibility index (Phi) is 6.68. The number of rotatable bonds is 6. The van der Waals surface area contributed by atoms with Crippen molar-refractivity contribution in [2.24, 2.45) is 0 Å². The van der Waals surface area contributed by atoms with Gasteiger partial charge in [-0.25, -0.2) is 0 Å². The quantitative estimate of drug-likeness (QED) is 0.721. The Bertz CT molecular complexity index is 180. The molecule has 0 saturated heterocycles. The van der Waals surface area contributed by atoms with E-state index in [0.29, 0.717) is 12.8 Å². The van der Waals surface area contributed by atoms with Crippen molar-refractivity contribution in [1.82, 2.24) is 0 Å². The van der Waals surface area contributed by atoms with E-state index in [1.807, 2.05) is 6.92 Å². The van der Waals surface area contributed by atoms with Gasteiger partial charge in [0.1, 0.15) is 5.25 Å². The fourth-order valence-corrected chi connectivity index (χ4v) is 1.69. The SMILES string of the molecule is CCCCC(=O)SC(CC)C(=O)O. The third-order valence-electron chi connectivity index (χ3n) is 1.65. The maximum absolute atomic E-state index is 11.2. The maximum Gasteiger partial charge on any atom is 0.317 e. The van der Waals surface area contributed by atoms with E-state index in [1.54, 1.807) is 6.92 Å². The summed E-state index contributed by atoms with van der Waals surface area (Å²) >= 11 is 0.954. The Morgan fingerprint density at radius 1 is 1.38 bits per heavy atom. The third-order valence-corrected chi connectivity index (χ3v) is 2.94. The smallest absolute Gasteiger partial charge is 0.317 e. The lowest BCUT2D eigenvalue weighted by Gasteiger charge is -2.07. The van der Waals surface area contributed by atoms with Crippen molar-refractivity contribution in [3.8, 4) is 0 Å². The van der Waals surface area contributed by atoms with Crippen LogP contribution < -0.4 is 0 Å². The minimum absolute atomic E-state index is 0.00361. The Hall–Kier alpha value is -0.510. The topological polar surface area (TPSA) is 54.4 Å². The van der Waals surface area contributed by atoms with Crippen LogP contribution in [0.1, 0.15) is 39.5 Å². The van der Waals surface area contributed by atoms with Crippen molar-refractivity contribution in [3.63, 3.8) is 0 Å². The molecule has 1 N–H and O–H groups in total. The first-order valence-electron chi connectivity index (χ1n) is 4.54. The van der Waals surface area contributed by atoms with Crippen LogP contribution in [0.5, 0.6) is 0 Å². The van der Waals surface area contributed by atoms with Gasteiger partial charge in [0.05, 0.1) is 0 Å². The molecular weight excluding hydrogens is 188 g/mol. The second kappa shape index (κ2) is 6.95. The van der Waals surface area contributed by atoms with Gasteiger partial charge in [-0.3, -0.25) is 9.59 Å². The Balaban J connectivity index is 3.80. The Morgan fingerprint density at radius 2 is 2.00 bits per heavy atom. The second-order valence-electron chi connectivity index (χ2n) is 2.83. The van der Waals surface area contributed by atoms with Gasteiger partial charge in [0.2, 0.25) is 0 Å². The molecule has 0 aromatic carbocycles. The minimum Gasteiger partial charge on any atom is -0.480 e. The van der Waals surface area contributed by atoms with Crippen molar-refractivity contribution >= 4 is 22.8 Å². The summed E-state index contributed by atoms with van der Waals surface area (Å²) in [6, 6.07) is 0. The highest BCUT2D eigenvalue weighted by Crippen LogP contribution is 2.18. The highest BCUT2D eigenvalue weighted by atomic mass is 32.2. The zero-order valence-corrected chi connectivity index (χ0v) is 8.89. The molecule has 0 spiro atoms. The number of carbonyl (C=O) groups is 2. The molecule has 0 radical (unpaired) electrons. The lowest BCUT2D eigenvalue weighted by atomic mass is 10.3. The van der Waals surface area contributed by atoms with Gasteiger partial charge in [-0.15, -0.1) is 0 Å². The highest BCUT2D eigenvalue weighted by Gasteiger charge is 2.19. The summed E-state index contributed by atoms with van der Waals surface area (Å²) in [6.45, 7) is 3.78. The average molecular weight is 204 g/mol. The number of carboxylic acid groups (broad SMARTS) is 1. The van der Waals surface area contributed by atoms with Crippen molar-refractivity contribution < 1.29 is 14.7 Å². The zero-order chi connectivity index (χ0) is 10.3. The predicted molar refractivity (Wildman–Crippen MR) is 53.8 cm³/mol. The van der Waals surface area contributed by atoms with Gasteiger partial charge in [-0.1, -0.05) is 32.0 Å². The van der Waals surface area contributed by atoms with Crippen molar-refractivity contribution in [2.75, 3.05) is 0 Å². The normalized spacial score (nSPS) is 12.5. The van der Waals surface area contributed by atoms with Crippen LogP contribution in [0.25, 0.3) is 0 Å². The number of hydrogen-bond acceptors (Lipinski definition) is 3. The Morgan fingerprint density at radius 3 is 2.38 bits per heavy atom. The molecule has 0 aromatic heterocycles. The maximum atomic E-state index is 11.2. The van der Waals surface area contributed by atoms with E-state index >= 15 is 0 Å². The van der Waals surface area contributed by atoms with Crippen LogP contribution in [-0.4, -0.2) is 21.4 Å². The Labute approximate surface area is 82.9 Å². The van der Waals surface area contributed by atoms with E-state index in [9.17, 15) is 9.59 Å². The molecule has 0 amide bonds. The van der Waals surface area contributed by atoms with E-state index in [2.05, 4.69) is 0 Å². The van der Waals surface area contributed by atoms with Gasteiger partial charge in [0.15, 0.2) is 5.12 Å². The number of thioether (sulfide) groups is 1. The third kappa shape index (κ3) is 5.69. The molecule has 0 bridgehead atoms. The molecule has 4 heteroatoms. The van der Waals surface area contributed by atoms with Crippen molar-refractivity contribution in [1.29, 1.82) is 0 Å². The van der Waals surface area contributed by atoms with Gasteiger partial charge in [0, 0.05) is 6.42 Å². The molecule has 0 saturated carbocycles. The van der Waals surface area contributed by atoms with Gasteiger partial charge in [0.25, 0.3) is 0 Å². The molecule has 0 aliphatic rings. The first kappa shape index (κ1) is 12.5. The molecule has 0 rings (SSSR count). The van der Waals surface area contributed by atoms with Crippen LogP contribution in [0.4, 0.5) is 0 Å². The van der Waals surface area contributed by atoms with Gasteiger partial charge in [-0.2, -0.15) is 0 Å². The summed E-state index contributed by atoms with van der Waals surface area (Å²) < 4.78 is 0. The summed E-state index contributed by atoms with van der Waals surface area (Å²) in [5, 5.41) is 8.11. The van der Waals surface area contributed by atoms with Crippen LogP contribution in [0.2, 0.25) is 0 Å². The lowest BCUT2D eigenvalue weighted by molar-refractivity contribution is -0.136. The standard InChI is InChI=1S/C9H16O3S/c1-3-5-6-8(10)13-7(4-2)9(11)12/h7H,3-6H2,1-2H3,(H,11,12). The van der Waals surface area contributed by atoms with Gasteiger partial charge < -0.3 is 5.11 Å². The summed E-state index contributed by atoms with van der Waals surface area (Å²) in [5.74, 6) is -0.891. The fraction of sp³-hybridized carbons (Fsp3) is 0.778. The van der Waals surface area contributed by atoms with Crippen LogP contribution in [-0.2, 0) is 9.59 Å². The molecule has 1 unspecified atom stereocenters. The van der Waals surface area contributed by atoms with Gasteiger partial charge >= 0.3 is 5.97 Å². The van der Waals surface area contributed by atoms with Crippen LogP contribution in [0, 0.1) is 0 Å². The number of aliphatic carboxylic acids is 1. The van der Waals surface area contributed by atoms with E-state index in [1.165, 1.54) is 0 Å². The summed E-state index contributed by atoms with van der Waals surface area (Å²) in [7, 11) is 0. The molecule has 0 aromatic rings. The molecule has 76 valence electrons. The second-order valence-corrected chi connectivity index (χ2v) is 4.09. The van der Waals surface area contributed by atoms with Crippen LogP contribution in [0.3, 0.4) is 0 Å². The first-order chi connectivity index (χ1) is 6.11. The van der Waals surface area contributed by atoms with E-state index in [0.717, 1.165) is 24.6 Å². The molecule has 0 aliphatic carbocycles. The molecule has 3 nitrogen and oxygen atoms in total. The van der Waals surface area contributed by atoms with E-state index in [4.69, 9.17) is 5.11 Å². The molecule has 0 fully saturated rings. The largest absolute Gasteiger partial charge is 0.480 e. The molecule has 0 heterocycles. The number of carboxylic acids is 1. The average Bonchev–Trinajstić information content (AvgIpc) is 2.10.